The van der Waals surface area contributed by atoms with E-state index in [1.165, 1.54) is 12.1 Å². The molecule has 0 radical (unpaired) electrons. The van der Waals surface area contributed by atoms with Gasteiger partial charge in [-0.1, -0.05) is 34.8 Å². The number of nitrogens with zero attached hydrogens (tertiary/aromatic N) is 3. The Morgan fingerprint density at radius 3 is 2.15 bits per heavy atom. The molecule has 11 heteroatoms. The Labute approximate surface area is 166 Å². The maximum atomic E-state index is 11.4. The van der Waals surface area contributed by atoms with E-state index in [2.05, 4.69) is 0 Å². The molecule has 0 aliphatic carbocycles. The molecule has 2 aliphatic heterocycles. The summed E-state index contributed by atoms with van der Waals surface area (Å²) in [4.78, 5) is 5.35. The largest absolute Gasteiger partial charge is 0.450 e. The Morgan fingerprint density at radius 2 is 1.65 bits per heavy atom. The molecule has 2 N–H and O–H groups in total. The van der Waals surface area contributed by atoms with E-state index >= 15 is 0 Å². The minimum Gasteiger partial charge on any atom is -0.450 e. The van der Waals surface area contributed by atoms with Crippen molar-refractivity contribution < 1.29 is 13.2 Å². The van der Waals surface area contributed by atoms with Gasteiger partial charge < -0.3 is 9.64 Å². The van der Waals surface area contributed by atoms with Crippen LogP contribution in [0.2, 0.25) is 0 Å². The summed E-state index contributed by atoms with van der Waals surface area (Å²) < 4.78 is 26.9. The summed E-state index contributed by atoms with van der Waals surface area (Å²) in [6.45, 7) is 0. The highest BCUT2D eigenvalue weighted by Gasteiger charge is 2.40. The van der Waals surface area contributed by atoms with Crippen molar-refractivity contribution in [3.8, 4) is 0 Å². The Kier molecular flexibility index (Phi) is 5.06. The van der Waals surface area contributed by atoms with Gasteiger partial charge in [-0.3, -0.25) is 9.80 Å². The second-order valence-electron chi connectivity index (χ2n) is 5.59. The standard InChI is InChI=1S/C15H15Cl3N4O3S/c1-20-6-8-21(9-7-20)14-22(10-13(25-14)15(16,17)18)11-2-4-12(5-3-11)26(19,23)24/h2-10,14H,1H3,(H2,19,23,24). The Hall–Kier alpha value is -1.58. The lowest BCUT2D eigenvalue weighted by molar-refractivity contribution is 0.0502. The molecule has 0 aromatic heterocycles. The third kappa shape index (κ3) is 4.05. The van der Waals surface area contributed by atoms with E-state index in [-0.39, 0.29) is 10.7 Å². The van der Waals surface area contributed by atoms with Crippen LogP contribution in [-0.4, -0.2) is 35.4 Å². The van der Waals surface area contributed by atoms with E-state index in [0.29, 0.717) is 5.69 Å². The van der Waals surface area contributed by atoms with Crippen LogP contribution in [0.1, 0.15) is 0 Å². The predicted octanol–water partition coefficient (Wildman–Crippen LogP) is 2.86. The first-order chi connectivity index (χ1) is 12.1. The highest BCUT2D eigenvalue weighted by atomic mass is 35.6. The average Bonchev–Trinajstić information content (AvgIpc) is 3.00. The van der Waals surface area contributed by atoms with Crippen LogP contribution in [0.25, 0.3) is 0 Å². The lowest BCUT2D eigenvalue weighted by Gasteiger charge is -2.33. The molecule has 1 atom stereocenters. The Morgan fingerprint density at radius 1 is 1.08 bits per heavy atom. The first kappa shape index (κ1) is 19.2. The summed E-state index contributed by atoms with van der Waals surface area (Å²) in [6.07, 6.45) is 8.17. The van der Waals surface area contributed by atoms with Crippen molar-refractivity contribution >= 4 is 50.5 Å². The highest BCUT2D eigenvalue weighted by molar-refractivity contribution is 7.89. The topological polar surface area (TPSA) is 79.1 Å². The number of alkyl halides is 3. The third-order valence-corrected chi connectivity index (χ3v) is 5.16. The summed E-state index contributed by atoms with van der Waals surface area (Å²) in [7, 11) is -1.90. The first-order valence-electron chi connectivity index (χ1n) is 7.28. The molecule has 7 nitrogen and oxygen atoms in total. The number of primary sulfonamides is 1. The van der Waals surface area contributed by atoms with Crippen LogP contribution in [0.3, 0.4) is 0 Å². The summed E-state index contributed by atoms with van der Waals surface area (Å²) in [5.74, 6) is 0.142. The molecule has 1 unspecified atom stereocenters. The van der Waals surface area contributed by atoms with Crippen LogP contribution in [-0.2, 0) is 14.8 Å². The van der Waals surface area contributed by atoms with Gasteiger partial charge >= 0.3 is 0 Å². The first-order valence-corrected chi connectivity index (χ1v) is 9.97. The van der Waals surface area contributed by atoms with Crippen molar-refractivity contribution in [3.05, 3.63) is 61.0 Å². The molecule has 2 heterocycles. The van der Waals surface area contributed by atoms with E-state index in [4.69, 9.17) is 44.7 Å². The number of hydrogen-bond donors (Lipinski definition) is 1. The fraction of sp³-hybridized carbons (Fsp3) is 0.200. The smallest absolute Gasteiger partial charge is 0.260 e. The van der Waals surface area contributed by atoms with Crippen LogP contribution in [0.15, 0.2) is 65.9 Å². The zero-order valence-corrected chi connectivity index (χ0v) is 16.5. The maximum absolute atomic E-state index is 11.4. The molecule has 0 bridgehead atoms. The van der Waals surface area contributed by atoms with E-state index < -0.39 is 20.2 Å². The summed E-state index contributed by atoms with van der Waals surface area (Å²) in [6, 6.07) is 5.99. The quantitative estimate of drug-likeness (QED) is 0.733. The van der Waals surface area contributed by atoms with Crippen LogP contribution in [0.4, 0.5) is 5.69 Å². The SMILES string of the molecule is CN1C=CN(C2OC(C(Cl)(Cl)Cl)=CN2c2ccc(S(N)(=O)=O)cc2)C=C1. The number of nitrogens with two attached hydrogens (primary N) is 1. The number of ether oxygens (including phenoxy) is 1. The molecular weight excluding hydrogens is 423 g/mol. The number of rotatable bonds is 3. The fourth-order valence-corrected chi connectivity index (χ4v) is 3.15. The maximum Gasteiger partial charge on any atom is 0.260 e. The summed E-state index contributed by atoms with van der Waals surface area (Å²) in [5, 5.41) is 5.14. The van der Waals surface area contributed by atoms with Gasteiger partial charge in [0, 0.05) is 37.5 Å². The second-order valence-corrected chi connectivity index (χ2v) is 9.43. The highest BCUT2D eigenvalue weighted by Crippen LogP contribution is 2.41. The molecule has 0 saturated heterocycles. The van der Waals surface area contributed by atoms with Crippen molar-refractivity contribution in [1.29, 1.82) is 0 Å². The predicted molar refractivity (Wildman–Crippen MR) is 101 cm³/mol. The number of allylic oxidation sites excluding steroid dienone is 1. The van der Waals surface area contributed by atoms with Crippen molar-refractivity contribution in [1.82, 2.24) is 9.80 Å². The van der Waals surface area contributed by atoms with Gasteiger partial charge in [0.25, 0.3) is 6.35 Å². The molecule has 140 valence electrons. The number of benzene rings is 1. The van der Waals surface area contributed by atoms with Crippen molar-refractivity contribution in [2.75, 3.05) is 11.9 Å². The van der Waals surface area contributed by atoms with E-state index in [9.17, 15) is 8.42 Å². The van der Waals surface area contributed by atoms with Gasteiger partial charge in [0.2, 0.25) is 13.8 Å². The Balaban J connectivity index is 1.95. The molecule has 1 aromatic carbocycles. The molecule has 0 spiro atoms. The minimum absolute atomic E-state index is 0.00267. The van der Waals surface area contributed by atoms with Gasteiger partial charge in [0.15, 0.2) is 5.76 Å². The lowest BCUT2D eigenvalue weighted by atomic mass is 10.3. The van der Waals surface area contributed by atoms with Crippen molar-refractivity contribution in [2.45, 2.75) is 15.0 Å². The van der Waals surface area contributed by atoms with Gasteiger partial charge in [-0.05, 0) is 24.3 Å². The molecule has 0 fully saturated rings. The molecule has 0 amide bonds. The average molecular weight is 438 g/mol. The zero-order chi connectivity index (χ0) is 19.1. The van der Waals surface area contributed by atoms with Gasteiger partial charge in [-0.2, -0.15) is 0 Å². The van der Waals surface area contributed by atoms with E-state index in [1.807, 2.05) is 24.3 Å². The number of anilines is 1. The molecule has 2 aliphatic rings. The Bertz CT molecular complexity index is 864. The monoisotopic (exact) mass is 436 g/mol. The number of hydrogen-bond acceptors (Lipinski definition) is 6. The van der Waals surface area contributed by atoms with Crippen LogP contribution in [0, 0.1) is 0 Å². The van der Waals surface area contributed by atoms with Gasteiger partial charge in [-0.15, -0.1) is 0 Å². The normalized spacial score (nSPS) is 20.4. The van der Waals surface area contributed by atoms with Gasteiger partial charge in [-0.25, -0.2) is 13.6 Å². The molecule has 1 aromatic rings. The lowest BCUT2D eigenvalue weighted by Crippen LogP contribution is -2.40. The van der Waals surface area contributed by atoms with Crippen molar-refractivity contribution in [2.24, 2.45) is 5.14 Å². The van der Waals surface area contributed by atoms with Crippen LogP contribution >= 0.6 is 34.8 Å². The molecular formula is C15H15Cl3N4O3S. The van der Waals surface area contributed by atoms with Crippen LogP contribution < -0.4 is 10.0 Å². The summed E-state index contributed by atoms with van der Waals surface area (Å²) in [5.41, 5.74) is 0.632. The van der Waals surface area contributed by atoms with Gasteiger partial charge in [0.1, 0.15) is 0 Å². The van der Waals surface area contributed by atoms with Crippen LogP contribution in [0.5, 0.6) is 0 Å². The number of sulfonamides is 1. The summed E-state index contributed by atoms with van der Waals surface area (Å²) >= 11 is 17.9. The zero-order valence-electron chi connectivity index (χ0n) is 13.5. The molecule has 0 saturated carbocycles. The van der Waals surface area contributed by atoms with Gasteiger partial charge in [0.05, 0.1) is 11.1 Å². The van der Waals surface area contributed by atoms with E-state index in [0.717, 1.165) is 0 Å². The van der Waals surface area contributed by atoms with Crippen molar-refractivity contribution in [3.63, 3.8) is 0 Å². The number of halogens is 3. The fourth-order valence-electron chi connectivity index (χ4n) is 2.36. The minimum atomic E-state index is -3.78. The second kappa shape index (κ2) is 6.86. The van der Waals surface area contributed by atoms with E-state index in [1.54, 1.807) is 40.5 Å². The molecule has 26 heavy (non-hydrogen) atoms. The molecule has 3 rings (SSSR count). The third-order valence-electron chi connectivity index (χ3n) is 3.67.